The van der Waals surface area contributed by atoms with Crippen molar-refractivity contribution >= 4 is 0 Å². The number of fused-ring (bicyclic) bond motifs is 1. The molecule has 1 saturated heterocycles. The summed E-state index contributed by atoms with van der Waals surface area (Å²) in [5.41, 5.74) is 0. The Morgan fingerprint density at radius 3 is 1.92 bits per heavy atom. The quantitative estimate of drug-likeness (QED) is 0.580. The smallest absolute Gasteiger partial charge is 0.00388 e. The standard InChI is InChI=1S/C11H21N/c1-9(2)12-7-10-5-3-4-6-11(10)8-12/h9-11H,3-8H2,1-2H3/t10-,11-/m0/s1. The summed E-state index contributed by atoms with van der Waals surface area (Å²) in [5.74, 6) is 2.11. The molecule has 2 atom stereocenters. The molecule has 2 aliphatic rings. The third kappa shape index (κ3) is 1.52. The lowest BCUT2D eigenvalue weighted by atomic mass is 9.82. The molecule has 0 radical (unpaired) electrons. The van der Waals surface area contributed by atoms with Gasteiger partial charge in [-0.3, -0.25) is 0 Å². The van der Waals surface area contributed by atoms with Crippen LogP contribution >= 0.6 is 0 Å². The highest BCUT2D eigenvalue weighted by atomic mass is 15.2. The number of hydrogen-bond donors (Lipinski definition) is 0. The molecule has 1 aliphatic carbocycles. The molecule has 0 aromatic heterocycles. The van der Waals surface area contributed by atoms with Crippen molar-refractivity contribution in [1.29, 1.82) is 0 Å². The van der Waals surface area contributed by atoms with E-state index >= 15 is 0 Å². The molecule has 0 unspecified atom stereocenters. The molecule has 1 aliphatic heterocycles. The minimum atomic E-state index is 0.774. The molecular formula is C11H21N. The molecule has 0 amide bonds. The molecule has 0 aromatic rings. The van der Waals surface area contributed by atoms with Crippen molar-refractivity contribution < 1.29 is 0 Å². The maximum absolute atomic E-state index is 2.67. The van der Waals surface area contributed by atoms with Gasteiger partial charge in [-0.1, -0.05) is 12.8 Å². The van der Waals surface area contributed by atoms with Gasteiger partial charge in [0.1, 0.15) is 0 Å². The largest absolute Gasteiger partial charge is 0.300 e. The zero-order valence-electron chi connectivity index (χ0n) is 8.42. The number of hydrogen-bond acceptors (Lipinski definition) is 1. The fourth-order valence-electron chi connectivity index (χ4n) is 2.86. The molecule has 0 bridgehead atoms. The molecule has 12 heavy (non-hydrogen) atoms. The fraction of sp³-hybridized carbons (Fsp3) is 1.00. The van der Waals surface area contributed by atoms with Crippen LogP contribution in [0.4, 0.5) is 0 Å². The Morgan fingerprint density at radius 1 is 1.00 bits per heavy atom. The first-order valence-corrected chi connectivity index (χ1v) is 5.51. The second-order valence-electron chi connectivity index (χ2n) is 4.85. The predicted octanol–water partition coefficient (Wildman–Crippen LogP) is 2.52. The summed E-state index contributed by atoms with van der Waals surface area (Å²) in [7, 11) is 0. The van der Waals surface area contributed by atoms with E-state index in [1.54, 1.807) is 0 Å². The summed E-state index contributed by atoms with van der Waals surface area (Å²) in [5, 5.41) is 0. The van der Waals surface area contributed by atoms with Gasteiger partial charge in [0.15, 0.2) is 0 Å². The molecule has 1 heteroatoms. The van der Waals surface area contributed by atoms with Gasteiger partial charge in [-0.15, -0.1) is 0 Å². The lowest BCUT2D eigenvalue weighted by Crippen LogP contribution is -2.28. The van der Waals surface area contributed by atoms with Crippen molar-refractivity contribution in [2.75, 3.05) is 13.1 Å². The summed E-state index contributed by atoms with van der Waals surface area (Å²) < 4.78 is 0. The topological polar surface area (TPSA) is 3.24 Å². The highest BCUT2D eigenvalue weighted by Crippen LogP contribution is 2.36. The van der Waals surface area contributed by atoms with E-state index in [2.05, 4.69) is 18.7 Å². The second-order valence-corrected chi connectivity index (χ2v) is 4.85. The Labute approximate surface area is 76.1 Å². The van der Waals surface area contributed by atoms with E-state index in [0.29, 0.717) is 0 Å². The molecule has 0 aromatic carbocycles. The van der Waals surface area contributed by atoms with E-state index in [1.165, 1.54) is 38.8 Å². The minimum Gasteiger partial charge on any atom is -0.300 e. The lowest BCUT2D eigenvalue weighted by molar-refractivity contribution is 0.261. The molecule has 1 saturated carbocycles. The van der Waals surface area contributed by atoms with Crippen LogP contribution in [0, 0.1) is 11.8 Å². The Hall–Kier alpha value is -0.0400. The molecule has 70 valence electrons. The van der Waals surface area contributed by atoms with Gasteiger partial charge in [0, 0.05) is 19.1 Å². The van der Waals surface area contributed by atoms with Crippen LogP contribution in [0.3, 0.4) is 0 Å². The van der Waals surface area contributed by atoms with Crippen LogP contribution in [0.5, 0.6) is 0 Å². The summed E-state index contributed by atoms with van der Waals surface area (Å²) in [6.07, 6.45) is 6.00. The minimum absolute atomic E-state index is 0.774. The maximum atomic E-state index is 2.67. The fourth-order valence-corrected chi connectivity index (χ4v) is 2.86. The number of nitrogens with zero attached hydrogens (tertiary/aromatic N) is 1. The zero-order chi connectivity index (χ0) is 8.55. The molecule has 2 fully saturated rings. The second kappa shape index (κ2) is 3.37. The van der Waals surface area contributed by atoms with Crippen LogP contribution in [0.1, 0.15) is 39.5 Å². The first-order valence-electron chi connectivity index (χ1n) is 5.51. The Morgan fingerprint density at radius 2 is 1.50 bits per heavy atom. The van der Waals surface area contributed by atoms with Crippen molar-refractivity contribution in [1.82, 2.24) is 4.90 Å². The lowest BCUT2D eigenvalue weighted by Gasteiger charge is -2.23. The van der Waals surface area contributed by atoms with Gasteiger partial charge < -0.3 is 4.90 Å². The third-order valence-electron chi connectivity index (χ3n) is 3.73. The van der Waals surface area contributed by atoms with Crippen LogP contribution in [0.15, 0.2) is 0 Å². The molecule has 2 rings (SSSR count). The predicted molar refractivity (Wildman–Crippen MR) is 52.2 cm³/mol. The molecule has 0 spiro atoms. The molecule has 1 heterocycles. The van der Waals surface area contributed by atoms with Crippen LogP contribution < -0.4 is 0 Å². The normalized spacial score (nSPS) is 37.2. The van der Waals surface area contributed by atoms with Crippen molar-refractivity contribution in [3.8, 4) is 0 Å². The van der Waals surface area contributed by atoms with Crippen LogP contribution in [0.25, 0.3) is 0 Å². The zero-order valence-corrected chi connectivity index (χ0v) is 8.42. The van der Waals surface area contributed by atoms with Crippen molar-refractivity contribution in [2.24, 2.45) is 11.8 Å². The summed E-state index contributed by atoms with van der Waals surface area (Å²) in [6, 6.07) is 0.774. The van der Waals surface area contributed by atoms with Crippen molar-refractivity contribution in [3.05, 3.63) is 0 Å². The van der Waals surface area contributed by atoms with Crippen LogP contribution in [-0.2, 0) is 0 Å². The van der Waals surface area contributed by atoms with Crippen LogP contribution in [-0.4, -0.2) is 24.0 Å². The SMILES string of the molecule is CC(C)N1C[C@@H]2CCCC[C@H]2C1. The third-order valence-corrected chi connectivity index (χ3v) is 3.73. The number of likely N-dealkylation sites (tertiary alicyclic amines) is 1. The van der Waals surface area contributed by atoms with Gasteiger partial charge in [0.2, 0.25) is 0 Å². The van der Waals surface area contributed by atoms with Gasteiger partial charge in [0.05, 0.1) is 0 Å². The van der Waals surface area contributed by atoms with E-state index in [9.17, 15) is 0 Å². The van der Waals surface area contributed by atoms with Gasteiger partial charge >= 0.3 is 0 Å². The van der Waals surface area contributed by atoms with Crippen molar-refractivity contribution in [2.45, 2.75) is 45.6 Å². The summed E-state index contributed by atoms with van der Waals surface area (Å²) >= 11 is 0. The van der Waals surface area contributed by atoms with E-state index in [-0.39, 0.29) is 0 Å². The summed E-state index contributed by atoms with van der Waals surface area (Å²) in [6.45, 7) is 7.44. The van der Waals surface area contributed by atoms with Crippen LogP contribution in [0.2, 0.25) is 0 Å². The van der Waals surface area contributed by atoms with Gasteiger partial charge in [0.25, 0.3) is 0 Å². The first kappa shape index (κ1) is 8.55. The first-order chi connectivity index (χ1) is 5.77. The van der Waals surface area contributed by atoms with E-state index in [1.807, 2.05) is 0 Å². The molecule has 1 nitrogen and oxygen atoms in total. The molecule has 0 N–H and O–H groups in total. The average molecular weight is 167 g/mol. The van der Waals surface area contributed by atoms with E-state index < -0.39 is 0 Å². The molecular weight excluding hydrogens is 146 g/mol. The van der Waals surface area contributed by atoms with E-state index in [0.717, 1.165) is 17.9 Å². The van der Waals surface area contributed by atoms with Gasteiger partial charge in [-0.25, -0.2) is 0 Å². The Kier molecular flexibility index (Phi) is 2.40. The number of rotatable bonds is 1. The monoisotopic (exact) mass is 167 g/mol. The Bertz CT molecular complexity index is 139. The van der Waals surface area contributed by atoms with Gasteiger partial charge in [-0.05, 0) is 38.5 Å². The van der Waals surface area contributed by atoms with Gasteiger partial charge in [-0.2, -0.15) is 0 Å². The van der Waals surface area contributed by atoms with Crippen molar-refractivity contribution in [3.63, 3.8) is 0 Å². The Balaban J connectivity index is 1.94. The summed E-state index contributed by atoms with van der Waals surface area (Å²) in [4.78, 5) is 2.67. The average Bonchev–Trinajstić information content (AvgIpc) is 2.46. The highest BCUT2D eigenvalue weighted by Gasteiger charge is 2.34. The highest BCUT2D eigenvalue weighted by molar-refractivity contribution is 4.87. The van der Waals surface area contributed by atoms with E-state index in [4.69, 9.17) is 0 Å². The maximum Gasteiger partial charge on any atom is 0.00388 e.